The maximum Gasteiger partial charge on any atom is 0.146 e. The van der Waals surface area contributed by atoms with Crippen LogP contribution in [0.5, 0.6) is 0 Å². The van der Waals surface area contributed by atoms with E-state index in [1.165, 1.54) is 38.2 Å². The number of hydrogen-bond acceptors (Lipinski definition) is 1. The molecule has 0 saturated heterocycles. The zero-order valence-electron chi connectivity index (χ0n) is 13.1. The van der Waals surface area contributed by atoms with Crippen LogP contribution in [0.25, 0.3) is 32.7 Å². The van der Waals surface area contributed by atoms with E-state index in [2.05, 4.69) is 78.9 Å². The fourth-order valence-corrected chi connectivity index (χ4v) is 3.65. The predicted octanol–water partition coefficient (Wildman–Crippen LogP) is 4.46. The second kappa shape index (κ2) is 5.99. The zero-order valence-corrected chi connectivity index (χ0v) is 15.1. The minimum Gasteiger partial charge on any atom is -0.424 e. The highest BCUT2D eigenvalue weighted by atomic mass is 28.2. The van der Waals surface area contributed by atoms with Crippen LogP contribution in [0.4, 0.5) is 0 Å². The van der Waals surface area contributed by atoms with E-state index in [-0.39, 0.29) is 0 Å². The molecule has 0 aromatic heterocycles. The highest BCUT2D eigenvalue weighted by molar-refractivity contribution is 6.13. The smallest absolute Gasteiger partial charge is 0.146 e. The number of rotatable bonds is 3. The fourth-order valence-electron chi connectivity index (χ4n) is 3.34. The van der Waals surface area contributed by atoms with Gasteiger partial charge in [0.15, 0.2) is 0 Å². The molecule has 0 saturated carbocycles. The summed E-state index contributed by atoms with van der Waals surface area (Å²) in [6, 6.07) is 28.1. The van der Waals surface area contributed by atoms with E-state index in [0.717, 1.165) is 10.5 Å². The molecule has 0 N–H and O–H groups in total. The van der Waals surface area contributed by atoms with Crippen LogP contribution in [-0.4, -0.2) is 10.5 Å². The summed E-state index contributed by atoms with van der Waals surface area (Å²) in [6.45, 7) is 0.684. The van der Waals surface area contributed by atoms with Crippen molar-refractivity contribution in [3.8, 4) is 11.1 Å². The monoisotopic (exact) mass is 314 g/mol. The lowest BCUT2D eigenvalue weighted by molar-refractivity contribution is 0.339. The molecule has 112 valence electrons. The lowest BCUT2D eigenvalue weighted by atomic mass is 9.91. The van der Waals surface area contributed by atoms with Crippen molar-refractivity contribution in [2.45, 2.75) is 6.61 Å². The third-order valence-corrected chi connectivity index (χ3v) is 4.66. The molecule has 0 radical (unpaired) electrons. The Hall–Kier alpha value is -2.42. The van der Waals surface area contributed by atoms with Gasteiger partial charge < -0.3 is 4.43 Å². The van der Waals surface area contributed by atoms with Crippen LogP contribution in [0.15, 0.2) is 78.9 Å². The molecular weight excluding hydrogens is 296 g/mol. The van der Waals surface area contributed by atoms with Crippen LogP contribution in [0, 0.1) is 0 Å². The molecule has 23 heavy (non-hydrogen) atoms. The summed E-state index contributed by atoms with van der Waals surface area (Å²) in [4.78, 5) is 0. The highest BCUT2D eigenvalue weighted by Crippen LogP contribution is 2.36. The van der Waals surface area contributed by atoms with Crippen LogP contribution in [-0.2, 0) is 11.0 Å². The lowest BCUT2D eigenvalue weighted by Gasteiger charge is -2.14. The summed E-state index contributed by atoms with van der Waals surface area (Å²) in [5, 5.41) is 5.19. The SMILES string of the molecule is [SiH3]OCc1ccccc1-c1cc2ccccc2c2ccccc12. The summed E-state index contributed by atoms with van der Waals surface area (Å²) in [7, 11) is 0.755. The van der Waals surface area contributed by atoms with Crippen molar-refractivity contribution in [1.82, 2.24) is 0 Å². The number of benzene rings is 4. The molecule has 0 atom stereocenters. The molecule has 0 fully saturated rings. The second-order valence-electron chi connectivity index (χ2n) is 5.78. The van der Waals surface area contributed by atoms with Crippen molar-refractivity contribution >= 4 is 32.0 Å². The molecular formula is C21H18OSi. The second-order valence-corrected chi connectivity index (χ2v) is 6.36. The van der Waals surface area contributed by atoms with Gasteiger partial charge in [0.25, 0.3) is 0 Å². The maximum absolute atomic E-state index is 5.53. The summed E-state index contributed by atoms with van der Waals surface area (Å²) in [5.41, 5.74) is 3.81. The van der Waals surface area contributed by atoms with Crippen LogP contribution in [0.2, 0.25) is 0 Å². The average molecular weight is 314 g/mol. The summed E-state index contributed by atoms with van der Waals surface area (Å²) < 4.78 is 5.53. The van der Waals surface area contributed by atoms with E-state index < -0.39 is 0 Å². The molecule has 1 nitrogen and oxygen atoms in total. The first-order valence-electron chi connectivity index (χ1n) is 7.86. The van der Waals surface area contributed by atoms with Crippen molar-refractivity contribution in [1.29, 1.82) is 0 Å². The van der Waals surface area contributed by atoms with Gasteiger partial charge in [0.05, 0.1) is 6.61 Å². The largest absolute Gasteiger partial charge is 0.424 e. The molecule has 0 aliphatic heterocycles. The first-order chi connectivity index (χ1) is 11.4. The Morgan fingerprint density at radius 1 is 0.652 bits per heavy atom. The molecule has 0 spiro atoms. The van der Waals surface area contributed by atoms with Crippen LogP contribution in [0.1, 0.15) is 5.56 Å². The number of fused-ring (bicyclic) bond motifs is 3. The summed E-state index contributed by atoms with van der Waals surface area (Å²) >= 11 is 0. The van der Waals surface area contributed by atoms with E-state index in [1.54, 1.807) is 0 Å². The van der Waals surface area contributed by atoms with E-state index in [1.807, 2.05) is 0 Å². The molecule has 4 aromatic carbocycles. The third kappa shape index (κ3) is 2.46. The number of hydrogen-bond donors (Lipinski definition) is 0. The molecule has 0 heterocycles. The van der Waals surface area contributed by atoms with Gasteiger partial charge in [0, 0.05) is 0 Å². The molecule has 0 unspecified atom stereocenters. The van der Waals surface area contributed by atoms with Gasteiger partial charge in [-0.2, -0.15) is 0 Å². The maximum atomic E-state index is 5.53. The van der Waals surface area contributed by atoms with Crippen molar-refractivity contribution in [3.05, 3.63) is 84.4 Å². The zero-order chi connectivity index (χ0) is 15.6. The van der Waals surface area contributed by atoms with Gasteiger partial charge in [0.2, 0.25) is 0 Å². The van der Waals surface area contributed by atoms with Crippen molar-refractivity contribution in [3.63, 3.8) is 0 Å². The quantitative estimate of drug-likeness (QED) is 0.401. The molecule has 2 heteroatoms. The van der Waals surface area contributed by atoms with Crippen molar-refractivity contribution in [2.24, 2.45) is 0 Å². The Morgan fingerprint density at radius 3 is 2.13 bits per heavy atom. The molecule has 4 aromatic rings. The topological polar surface area (TPSA) is 9.23 Å². The average Bonchev–Trinajstić information content (AvgIpc) is 2.62. The van der Waals surface area contributed by atoms with Crippen molar-refractivity contribution < 1.29 is 4.43 Å². The van der Waals surface area contributed by atoms with Gasteiger partial charge in [-0.15, -0.1) is 0 Å². The normalized spacial score (nSPS) is 11.3. The van der Waals surface area contributed by atoms with Gasteiger partial charge in [-0.05, 0) is 44.3 Å². The fraction of sp³-hybridized carbons (Fsp3) is 0.0476. The lowest BCUT2D eigenvalue weighted by Crippen LogP contribution is -1.93. The first kappa shape index (κ1) is 14.2. The van der Waals surface area contributed by atoms with E-state index in [0.29, 0.717) is 6.61 Å². The molecule has 4 rings (SSSR count). The van der Waals surface area contributed by atoms with Crippen LogP contribution < -0.4 is 0 Å². The van der Waals surface area contributed by atoms with E-state index in [9.17, 15) is 0 Å². The molecule has 0 aliphatic carbocycles. The molecule has 0 amide bonds. The molecule has 0 aliphatic rings. The van der Waals surface area contributed by atoms with Crippen LogP contribution >= 0.6 is 0 Å². The van der Waals surface area contributed by atoms with E-state index >= 15 is 0 Å². The van der Waals surface area contributed by atoms with Gasteiger partial charge >= 0.3 is 0 Å². The third-order valence-electron chi connectivity index (χ3n) is 4.38. The van der Waals surface area contributed by atoms with Gasteiger partial charge in [-0.3, -0.25) is 0 Å². The summed E-state index contributed by atoms with van der Waals surface area (Å²) in [5.74, 6) is 0. The van der Waals surface area contributed by atoms with Gasteiger partial charge in [0.1, 0.15) is 10.5 Å². The standard InChI is InChI=1S/C21H18OSi/c23-22-14-16-8-2-4-10-18(16)21-13-15-7-1-3-9-17(15)19-11-5-6-12-20(19)21/h1-13H,14H2,23H3. The van der Waals surface area contributed by atoms with Crippen LogP contribution in [0.3, 0.4) is 0 Å². The molecule has 0 bridgehead atoms. The van der Waals surface area contributed by atoms with Crippen molar-refractivity contribution in [2.75, 3.05) is 0 Å². The Balaban J connectivity index is 2.10. The van der Waals surface area contributed by atoms with Gasteiger partial charge in [-0.1, -0.05) is 72.8 Å². The minimum absolute atomic E-state index is 0.684. The Bertz CT molecular complexity index is 991. The van der Waals surface area contributed by atoms with E-state index in [4.69, 9.17) is 4.43 Å². The summed E-state index contributed by atoms with van der Waals surface area (Å²) in [6.07, 6.45) is 0. The highest BCUT2D eigenvalue weighted by Gasteiger charge is 2.10. The Kier molecular flexibility index (Phi) is 3.70. The first-order valence-corrected chi connectivity index (χ1v) is 8.68. The minimum atomic E-state index is 0.684. The Morgan fingerprint density at radius 2 is 1.30 bits per heavy atom. The van der Waals surface area contributed by atoms with Gasteiger partial charge in [-0.25, -0.2) is 0 Å². The Labute approximate surface area is 139 Å². The predicted molar refractivity (Wildman–Crippen MR) is 102 cm³/mol.